The third-order valence-electron chi connectivity index (χ3n) is 3.35. The maximum absolute atomic E-state index is 12.2. The molecule has 3 aromatic rings. The third-order valence-corrected chi connectivity index (χ3v) is 4.47. The quantitative estimate of drug-likeness (QED) is 0.773. The van der Waals surface area contributed by atoms with Crippen LogP contribution in [0.5, 0.6) is 5.75 Å². The van der Waals surface area contributed by atoms with Crippen LogP contribution in [0.1, 0.15) is 26.4 Å². The molecule has 0 saturated heterocycles. The highest BCUT2D eigenvalue weighted by molar-refractivity contribution is 7.12. The van der Waals surface area contributed by atoms with E-state index in [9.17, 15) is 13.6 Å². The summed E-state index contributed by atoms with van der Waals surface area (Å²) in [5.74, 6) is -1.03. The largest absolute Gasteiger partial charge is 0.477 e. The minimum absolute atomic E-state index is 0.0815. The number of halogens is 2. The number of ether oxygens (including phenoxy) is 1. The van der Waals surface area contributed by atoms with E-state index in [0.717, 1.165) is 11.1 Å². The molecule has 0 atom stereocenters. The van der Waals surface area contributed by atoms with Crippen LogP contribution in [0.15, 0.2) is 24.0 Å². The van der Waals surface area contributed by atoms with Gasteiger partial charge in [-0.25, -0.2) is 14.3 Å². The number of carboxylic acids is 1. The van der Waals surface area contributed by atoms with Gasteiger partial charge in [0.1, 0.15) is 4.88 Å². The minimum Gasteiger partial charge on any atom is -0.477 e. The Morgan fingerprint density at radius 3 is 2.87 bits per heavy atom. The fraction of sp³-hybridized carbons (Fsp3) is 0.214. The van der Waals surface area contributed by atoms with Crippen LogP contribution in [0.2, 0.25) is 0 Å². The molecule has 3 rings (SSSR count). The fourth-order valence-corrected chi connectivity index (χ4v) is 3.17. The predicted octanol–water partition coefficient (Wildman–Crippen LogP) is 2.99. The molecule has 0 radical (unpaired) electrons. The molecule has 6 nitrogen and oxygen atoms in total. The Bertz CT molecular complexity index is 875. The molecule has 0 spiro atoms. The summed E-state index contributed by atoms with van der Waals surface area (Å²) in [5, 5.41) is 14.9. The number of carboxylic acid groups (broad SMARTS) is 1. The first-order valence-corrected chi connectivity index (χ1v) is 7.41. The second-order valence-electron chi connectivity index (χ2n) is 4.80. The highest BCUT2D eigenvalue weighted by Crippen LogP contribution is 2.25. The number of hydrogen-bond donors (Lipinski definition) is 1. The number of hydrogen-bond acceptors (Lipinski definition) is 5. The molecular formula is C14H11F2N3O3S. The third kappa shape index (κ3) is 3.00. The number of nitrogens with zero attached hydrogens (tertiary/aromatic N) is 3. The van der Waals surface area contributed by atoms with Gasteiger partial charge in [-0.1, -0.05) is 0 Å². The average molecular weight is 339 g/mol. The highest BCUT2D eigenvalue weighted by Gasteiger charge is 2.16. The van der Waals surface area contributed by atoms with Gasteiger partial charge < -0.3 is 9.84 Å². The SMILES string of the molecule is Cc1c(Cc2cnn3cc(OC(F)F)cnc23)csc1C(=O)O. The Morgan fingerprint density at radius 1 is 1.43 bits per heavy atom. The van der Waals surface area contributed by atoms with Gasteiger partial charge in [-0.15, -0.1) is 11.3 Å². The van der Waals surface area contributed by atoms with E-state index < -0.39 is 12.6 Å². The van der Waals surface area contributed by atoms with Crippen LogP contribution in [-0.2, 0) is 6.42 Å². The molecule has 3 aromatic heterocycles. The maximum atomic E-state index is 12.2. The molecule has 0 amide bonds. The summed E-state index contributed by atoms with van der Waals surface area (Å²) in [7, 11) is 0. The van der Waals surface area contributed by atoms with E-state index in [1.165, 1.54) is 28.2 Å². The van der Waals surface area contributed by atoms with Crippen LogP contribution in [0.3, 0.4) is 0 Å². The van der Waals surface area contributed by atoms with Crippen molar-refractivity contribution in [2.45, 2.75) is 20.0 Å². The van der Waals surface area contributed by atoms with Gasteiger partial charge in [-0.05, 0) is 23.4 Å². The topological polar surface area (TPSA) is 76.7 Å². The summed E-state index contributed by atoms with van der Waals surface area (Å²) >= 11 is 1.17. The molecular weight excluding hydrogens is 328 g/mol. The summed E-state index contributed by atoms with van der Waals surface area (Å²) in [6.45, 7) is -1.17. The number of alkyl halides is 2. The molecule has 0 aliphatic rings. The molecule has 1 N–H and O–H groups in total. The van der Waals surface area contributed by atoms with Crippen molar-refractivity contribution in [2.75, 3.05) is 0 Å². The molecule has 0 saturated carbocycles. The molecule has 0 bridgehead atoms. The predicted molar refractivity (Wildman–Crippen MR) is 78.4 cm³/mol. The summed E-state index contributed by atoms with van der Waals surface area (Å²) in [6.07, 6.45) is 4.56. The highest BCUT2D eigenvalue weighted by atomic mass is 32.1. The number of thiophene rings is 1. The van der Waals surface area contributed by atoms with Crippen molar-refractivity contribution in [1.29, 1.82) is 0 Å². The van der Waals surface area contributed by atoms with Crippen molar-refractivity contribution in [3.63, 3.8) is 0 Å². The molecule has 120 valence electrons. The zero-order chi connectivity index (χ0) is 16.6. The summed E-state index contributed by atoms with van der Waals surface area (Å²) in [6, 6.07) is 0. The molecule has 0 aliphatic carbocycles. The van der Waals surface area contributed by atoms with Crippen LogP contribution >= 0.6 is 11.3 Å². The van der Waals surface area contributed by atoms with Crippen molar-refractivity contribution in [1.82, 2.24) is 14.6 Å². The van der Waals surface area contributed by atoms with Crippen molar-refractivity contribution < 1.29 is 23.4 Å². The van der Waals surface area contributed by atoms with E-state index in [2.05, 4.69) is 14.8 Å². The number of aromatic carboxylic acids is 1. The second kappa shape index (κ2) is 5.92. The van der Waals surface area contributed by atoms with Crippen LogP contribution < -0.4 is 4.74 Å². The van der Waals surface area contributed by atoms with Gasteiger partial charge >= 0.3 is 12.6 Å². The van der Waals surface area contributed by atoms with Crippen molar-refractivity contribution in [3.8, 4) is 5.75 Å². The minimum atomic E-state index is -2.92. The Kier molecular flexibility index (Phi) is 3.95. The first-order valence-electron chi connectivity index (χ1n) is 6.53. The summed E-state index contributed by atoms with van der Waals surface area (Å²) in [4.78, 5) is 15.5. The van der Waals surface area contributed by atoms with E-state index in [1.807, 2.05) is 0 Å². The molecule has 0 fully saturated rings. The molecule has 9 heteroatoms. The Balaban J connectivity index is 1.90. The summed E-state index contributed by atoms with van der Waals surface area (Å²) < 4.78 is 30.0. The van der Waals surface area contributed by atoms with Crippen LogP contribution in [0.25, 0.3) is 5.65 Å². The lowest BCUT2D eigenvalue weighted by Gasteiger charge is -2.04. The van der Waals surface area contributed by atoms with Crippen LogP contribution in [-0.4, -0.2) is 32.3 Å². The van der Waals surface area contributed by atoms with E-state index in [-0.39, 0.29) is 5.75 Å². The smallest absolute Gasteiger partial charge is 0.387 e. The van der Waals surface area contributed by atoms with E-state index in [0.29, 0.717) is 22.5 Å². The van der Waals surface area contributed by atoms with E-state index in [4.69, 9.17) is 5.11 Å². The van der Waals surface area contributed by atoms with Crippen LogP contribution in [0, 0.1) is 6.92 Å². The van der Waals surface area contributed by atoms with E-state index >= 15 is 0 Å². The van der Waals surface area contributed by atoms with Gasteiger partial charge in [0.15, 0.2) is 11.4 Å². The average Bonchev–Trinajstić information content (AvgIpc) is 3.03. The molecule has 0 aliphatic heterocycles. The Labute approximate surface area is 133 Å². The molecule has 0 aromatic carbocycles. The maximum Gasteiger partial charge on any atom is 0.387 e. The number of rotatable bonds is 5. The first kappa shape index (κ1) is 15.3. The van der Waals surface area contributed by atoms with Gasteiger partial charge in [0.2, 0.25) is 0 Å². The molecule has 23 heavy (non-hydrogen) atoms. The number of carbonyl (C=O) groups is 1. The van der Waals surface area contributed by atoms with Gasteiger partial charge in [0.05, 0.1) is 18.6 Å². The normalized spacial score (nSPS) is 11.3. The van der Waals surface area contributed by atoms with E-state index in [1.54, 1.807) is 18.5 Å². The zero-order valence-corrected chi connectivity index (χ0v) is 12.7. The number of fused-ring (bicyclic) bond motifs is 1. The van der Waals surface area contributed by atoms with Gasteiger partial charge in [-0.2, -0.15) is 13.9 Å². The lowest BCUT2D eigenvalue weighted by molar-refractivity contribution is -0.0503. The first-order chi connectivity index (χ1) is 11.0. The fourth-order valence-electron chi connectivity index (χ4n) is 2.24. The van der Waals surface area contributed by atoms with Gasteiger partial charge in [-0.3, -0.25) is 0 Å². The lowest BCUT2D eigenvalue weighted by Crippen LogP contribution is -2.04. The van der Waals surface area contributed by atoms with Gasteiger partial charge in [0, 0.05) is 12.0 Å². The second-order valence-corrected chi connectivity index (χ2v) is 5.68. The van der Waals surface area contributed by atoms with Gasteiger partial charge in [0.25, 0.3) is 0 Å². The monoisotopic (exact) mass is 339 g/mol. The standard InChI is InChI=1S/C14H11F2N3O3S/c1-7-9(6-23-11(7)13(20)21)2-8-3-18-19-5-10(22-14(15)16)4-17-12(8)19/h3-6,14H,2H2,1H3,(H,20,21). The number of aromatic nitrogens is 3. The Morgan fingerprint density at radius 2 is 2.22 bits per heavy atom. The van der Waals surface area contributed by atoms with Crippen molar-refractivity contribution in [2.24, 2.45) is 0 Å². The summed E-state index contributed by atoms with van der Waals surface area (Å²) in [5.41, 5.74) is 2.86. The van der Waals surface area contributed by atoms with Crippen molar-refractivity contribution in [3.05, 3.63) is 45.5 Å². The van der Waals surface area contributed by atoms with Crippen molar-refractivity contribution >= 4 is 23.0 Å². The molecule has 0 unspecified atom stereocenters. The zero-order valence-electron chi connectivity index (χ0n) is 11.9. The van der Waals surface area contributed by atoms with Crippen LogP contribution in [0.4, 0.5) is 8.78 Å². The Hall–Kier alpha value is -2.55. The molecule has 3 heterocycles. The lowest BCUT2D eigenvalue weighted by atomic mass is 10.1.